The van der Waals surface area contributed by atoms with Crippen molar-refractivity contribution in [1.82, 2.24) is 10.3 Å². The molecule has 1 aromatic rings. The summed E-state index contributed by atoms with van der Waals surface area (Å²) in [4.78, 5) is 8.17. The highest BCUT2D eigenvalue weighted by Gasteiger charge is 2.20. The van der Waals surface area contributed by atoms with E-state index < -0.39 is 0 Å². The molecular formula is C11H19N3S. The number of aromatic nitrogens is 1. The molecule has 2 heterocycles. The highest BCUT2D eigenvalue weighted by Crippen LogP contribution is 2.34. The van der Waals surface area contributed by atoms with Crippen LogP contribution in [0.5, 0.6) is 0 Å². The number of piperidine rings is 1. The average Bonchev–Trinajstić information content (AvgIpc) is 2.62. The molecule has 1 saturated heterocycles. The third-order valence-electron chi connectivity index (χ3n) is 2.87. The Hall–Kier alpha value is -0.610. The van der Waals surface area contributed by atoms with Gasteiger partial charge in [0.25, 0.3) is 0 Å². The summed E-state index contributed by atoms with van der Waals surface area (Å²) in [5, 5.41) is 4.60. The van der Waals surface area contributed by atoms with Gasteiger partial charge in [0, 0.05) is 31.4 Å². The fourth-order valence-electron chi connectivity index (χ4n) is 2.04. The van der Waals surface area contributed by atoms with Crippen LogP contribution in [0.1, 0.15) is 29.3 Å². The van der Waals surface area contributed by atoms with Crippen LogP contribution in [0.4, 0.5) is 5.13 Å². The maximum absolute atomic E-state index is 4.60. The number of rotatable bonds is 2. The molecule has 1 fully saturated rings. The van der Waals surface area contributed by atoms with Crippen LogP contribution in [0.2, 0.25) is 0 Å². The quantitative estimate of drug-likeness (QED) is 0.834. The number of hydrogen-bond donors (Lipinski definition) is 1. The van der Waals surface area contributed by atoms with Gasteiger partial charge in [-0.25, -0.2) is 4.98 Å². The van der Waals surface area contributed by atoms with Crippen molar-refractivity contribution in [2.45, 2.75) is 25.7 Å². The summed E-state index contributed by atoms with van der Waals surface area (Å²) < 4.78 is 0. The Morgan fingerprint density at radius 3 is 2.80 bits per heavy atom. The highest BCUT2D eigenvalue weighted by molar-refractivity contribution is 7.15. The van der Waals surface area contributed by atoms with E-state index in [-0.39, 0.29) is 0 Å². The molecule has 0 bridgehead atoms. The van der Waals surface area contributed by atoms with Gasteiger partial charge >= 0.3 is 0 Å². The molecule has 0 saturated carbocycles. The van der Waals surface area contributed by atoms with Crippen molar-refractivity contribution >= 4 is 16.5 Å². The molecule has 0 radical (unpaired) electrons. The lowest BCUT2D eigenvalue weighted by molar-refractivity contribution is 0.464. The molecule has 1 N–H and O–H groups in total. The first kappa shape index (κ1) is 10.9. The van der Waals surface area contributed by atoms with Gasteiger partial charge in [0.2, 0.25) is 0 Å². The molecule has 1 aliphatic heterocycles. The minimum absolute atomic E-state index is 0.685. The second-order valence-electron chi connectivity index (χ2n) is 4.38. The number of aryl methyl sites for hydroxylation is 1. The monoisotopic (exact) mass is 225 g/mol. The van der Waals surface area contributed by atoms with Gasteiger partial charge < -0.3 is 10.2 Å². The predicted molar refractivity (Wildman–Crippen MR) is 66.0 cm³/mol. The fraction of sp³-hybridized carbons (Fsp3) is 0.727. The molecule has 3 nitrogen and oxygen atoms in total. The van der Waals surface area contributed by atoms with Crippen LogP contribution in [0.3, 0.4) is 0 Å². The van der Waals surface area contributed by atoms with E-state index in [1.807, 2.05) is 11.3 Å². The molecule has 0 aromatic carbocycles. The van der Waals surface area contributed by atoms with Gasteiger partial charge in [-0.1, -0.05) is 0 Å². The maximum atomic E-state index is 4.60. The van der Waals surface area contributed by atoms with Crippen LogP contribution in [0, 0.1) is 6.92 Å². The van der Waals surface area contributed by atoms with Crippen molar-refractivity contribution in [1.29, 1.82) is 0 Å². The zero-order valence-electron chi connectivity index (χ0n) is 9.71. The van der Waals surface area contributed by atoms with Gasteiger partial charge in [-0.3, -0.25) is 0 Å². The number of thiazole rings is 1. The Labute approximate surface area is 95.5 Å². The summed E-state index contributed by atoms with van der Waals surface area (Å²) >= 11 is 1.85. The molecule has 4 heteroatoms. The van der Waals surface area contributed by atoms with Crippen molar-refractivity contribution in [3.8, 4) is 0 Å². The number of nitrogens with zero attached hydrogens (tertiary/aromatic N) is 2. The van der Waals surface area contributed by atoms with Crippen LogP contribution in [0.15, 0.2) is 0 Å². The number of nitrogens with one attached hydrogen (secondary N) is 1. The van der Waals surface area contributed by atoms with Crippen LogP contribution in [0.25, 0.3) is 0 Å². The lowest BCUT2D eigenvalue weighted by Gasteiger charge is -2.21. The standard InChI is InChI=1S/C11H19N3S/c1-8-10(9-5-4-6-12-7-9)15-11(13-8)14(2)3/h9,12H,4-7H2,1-3H3. The van der Waals surface area contributed by atoms with E-state index in [2.05, 4.69) is 36.2 Å². The van der Waals surface area contributed by atoms with E-state index in [0.29, 0.717) is 5.92 Å². The molecule has 1 aliphatic rings. The second-order valence-corrected chi connectivity index (χ2v) is 5.39. The second kappa shape index (κ2) is 4.49. The molecule has 1 unspecified atom stereocenters. The number of hydrogen-bond acceptors (Lipinski definition) is 4. The van der Waals surface area contributed by atoms with E-state index in [1.54, 1.807) is 0 Å². The SMILES string of the molecule is Cc1nc(N(C)C)sc1C1CCCNC1. The minimum Gasteiger partial charge on any atom is -0.354 e. The van der Waals surface area contributed by atoms with Gasteiger partial charge in [0.1, 0.15) is 0 Å². The van der Waals surface area contributed by atoms with Crippen LogP contribution >= 0.6 is 11.3 Å². The summed E-state index contributed by atoms with van der Waals surface area (Å²) in [6, 6.07) is 0. The van der Waals surface area contributed by atoms with Gasteiger partial charge in [-0.05, 0) is 26.3 Å². The molecule has 2 rings (SSSR count). The molecule has 84 valence electrons. The Morgan fingerprint density at radius 1 is 1.47 bits per heavy atom. The van der Waals surface area contributed by atoms with Gasteiger partial charge in [0.05, 0.1) is 5.69 Å². The fourth-order valence-corrected chi connectivity index (χ4v) is 3.16. The summed E-state index contributed by atoms with van der Waals surface area (Å²) in [5.41, 5.74) is 1.22. The van der Waals surface area contributed by atoms with Gasteiger partial charge in [-0.2, -0.15) is 0 Å². The van der Waals surface area contributed by atoms with Gasteiger partial charge in [-0.15, -0.1) is 11.3 Å². The van der Waals surface area contributed by atoms with Crippen molar-refractivity contribution in [3.05, 3.63) is 10.6 Å². The van der Waals surface area contributed by atoms with Crippen LogP contribution in [-0.4, -0.2) is 32.2 Å². The Bertz CT molecular complexity index is 327. The van der Waals surface area contributed by atoms with E-state index in [1.165, 1.54) is 30.0 Å². The predicted octanol–water partition coefficient (Wildman–Crippen LogP) is 1.98. The lowest BCUT2D eigenvalue weighted by atomic mass is 9.97. The van der Waals surface area contributed by atoms with E-state index in [0.717, 1.165) is 11.7 Å². The molecule has 0 amide bonds. The third-order valence-corrected chi connectivity index (χ3v) is 4.36. The Balaban J connectivity index is 2.19. The summed E-state index contributed by atoms with van der Waals surface area (Å²) in [6.45, 7) is 4.43. The first-order valence-corrected chi connectivity index (χ1v) is 6.35. The normalized spacial score (nSPS) is 21.7. The molecule has 1 aromatic heterocycles. The molecule has 0 spiro atoms. The zero-order valence-corrected chi connectivity index (χ0v) is 10.5. The van der Waals surface area contributed by atoms with Crippen LogP contribution < -0.4 is 10.2 Å². The van der Waals surface area contributed by atoms with Crippen molar-refractivity contribution in [2.24, 2.45) is 0 Å². The van der Waals surface area contributed by atoms with Crippen molar-refractivity contribution < 1.29 is 0 Å². The van der Waals surface area contributed by atoms with Gasteiger partial charge in [0.15, 0.2) is 5.13 Å². The van der Waals surface area contributed by atoms with E-state index in [4.69, 9.17) is 0 Å². The van der Waals surface area contributed by atoms with E-state index >= 15 is 0 Å². The highest BCUT2D eigenvalue weighted by atomic mass is 32.1. The average molecular weight is 225 g/mol. The Kier molecular flexibility index (Phi) is 3.26. The molecule has 0 aliphatic carbocycles. The first-order chi connectivity index (χ1) is 7.18. The lowest BCUT2D eigenvalue weighted by Crippen LogP contribution is -2.28. The van der Waals surface area contributed by atoms with Crippen molar-refractivity contribution in [3.63, 3.8) is 0 Å². The third kappa shape index (κ3) is 2.32. The zero-order chi connectivity index (χ0) is 10.8. The topological polar surface area (TPSA) is 28.2 Å². The smallest absolute Gasteiger partial charge is 0.185 e. The van der Waals surface area contributed by atoms with E-state index in [9.17, 15) is 0 Å². The Morgan fingerprint density at radius 2 is 2.27 bits per heavy atom. The molecule has 1 atom stereocenters. The molecule has 15 heavy (non-hydrogen) atoms. The number of anilines is 1. The van der Waals surface area contributed by atoms with Crippen molar-refractivity contribution in [2.75, 3.05) is 32.1 Å². The molecular weight excluding hydrogens is 206 g/mol. The summed E-state index contributed by atoms with van der Waals surface area (Å²) in [5.74, 6) is 0.685. The first-order valence-electron chi connectivity index (χ1n) is 5.54. The maximum Gasteiger partial charge on any atom is 0.185 e. The largest absolute Gasteiger partial charge is 0.354 e. The minimum atomic E-state index is 0.685. The summed E-state index contributed by atoms with van der Waals surface area (Å²) in [6.07, 6.45) is 2.60. The van der Waals surface area contributed by atoms with Crippen LogP contribution in [-0.2, 0) is 0 Å². The summed E-state index contributed by atoms with van der Waals surface area (Å²) in [7, 11) is 4.11.